The fourth-order valence-electron chi connectivity index (χ4n) is 2.25. The van der Waals surface area contributed by atoms with Gasteiger partial charge in [-0.2, -0.15) is 0 Å². The zero-order chi connectivity index (χ0) is 11.7. The fourth-order valence-corrected chi connectivity index (χ4v) is 2.25. The molecular weight excluding hydrogens is 248 g/mol. The average molecular weight is 264 g/mol. The molecule has 1 aromatic carbocycles. The summed E-state index contributed by atoms with van der Waals surface area (Å²) in [6.45, 7) is 2.76. The van der Waals surface area contributed by atoms with Crippen LogP contribution in [0.4, 0.5) is 8.78 Å². The van der Waals surface area contributed by atoms with Gasteiger partial charge in [0.25, 0.3) is 6.43 Å². The first-order chi connectivity index (χ1) is 7.61. The van der Waals surface area contributed by atoms with E-state index in [1.165, 1.54) is 0 Å². The van der Waals surface area contributed by atoms with Crippen LogP contribution >= 0.6 is 12.4 Å². The molecule has 1 aromatic rings. The molecule has 0 radical (unpaired) electrons. The van der Waals surface area contributed by atoms with Gasteiger partial charge in [0.15, 0.2) is 0 Å². The van der Waals surface area contributed by atoms with Gasteiger partial charge in [-0.25, -0.2) is 8.78 Å². The molecule has 2 rings (SSSR count). The van der Waals surface area contributed by atoms with Crippen molar-refractivity contribution in [3.8, 4) is 0 Å². The zero-order valence-electron chi connectivity index (χ0n) is 9.49. The first kappa shape index (κ1) is 14.4. The van der Waals surface area contributed by atoms with Gasteiger partial charge < -0.3 is 10.4 Å². The molecule has 0 aliphatic carbocycles. The van der Waals surface area contributed by atoms with Gasteiger partial charge >= 0.3 is 0 Å². The predicted molar refractivity (Wildman–Crippen MR) is 64.8 cm³/mol. The third kappa shape index (κ3) is 2.76. The average Bonchev–Trinajstić information content (AvgIpc) is 2.28. The standard InChI is InChI=1S/C12H15F2NO.ClH/c1-7-8-3-2-4-10(11(16)12(13)14)9(8)5-6-15-7;/h2-4,7,11-12,15-16H,5-6H2,1H3;1H/t7-,11-;/m0./s1. The number of fused-ring (bicyclic) bond motifs is 1. The molecule has 2 N–H and O–H groups in total. The third-order valence-corrected chi connectivity index (χ3v) is 3.10. The summed E-state index contributed by atoms with van der Waals surface area (Å²) in [5.74, 6) is 0. The molecule has 0 bridgehead atoms. The van der Waals surface area contributed by atoms with E-state index in [0.717, 1.165) is 17.7 Å². The highest BCUT2D eigenvalue weighted by Gasteiger charge is 2.26. The number of rotatable bonds is 2. The van der Waals surface area contributed by atoms with E-state index in [9.17, 15) is 13.9 Å². The highest BCUT2D eigenvalue weighted by molar-refractivity contribution is 5.85. The van der Waals surface area contributed by atoms with Crippen molar-refractivity contribution < 1.29 is 13.9 Å². The molecule has 0 fully saturated rings. The fraction of sp³-hybridized carbons (Fsp3) is 0.500. The van der Waals surface area contributed by atoms with Crippen LogP contribution in [0.1, 0.15) is 35.8 Å². The quantitative estimate of drug-likeness (QED) is 0.860. The summed E-state index contributed by atoms with van der Waals surface area (Å²) in [6.07, 6.45) is -3.70. The van der Waals surface area contributed by atoms with Gasteiger partial charge in [0.2, 0.25) is 0 Å². The molecule has 2 nitrogen and oxygen atoms in total. The van der Waals surface area contributed by atoms with E-state index in [4.69, 9.17) is 0 Å². The summed E-state index contributed by atoms with van der Waals surface area (Å²) < 4.78 is 25.0. The Balaban J connectivity index is 0.00000144. The lowest BCUT2D eigenvalue weighted by Gasteiger charge is -2.27. The van der Waals surface area contributed by atoms with Crippen molar-refractivity contribution >= 4 is 12.4 Å². The van der Waals surface area contributed by atoms with Crippen LogP contribution in [0.3, 0.4) is 0 Å². The molecule has 1 heterocycles. The maximum Gasteiger partial charge on any atom is 0.268 e. The molecule has 0 amide bonds. The zero-order valence-corrected chi connectivity index (χ0v) is 10.3. The molecular formula is C12H16ClF2NO. The number of aliphatic hydroxyl groups is 1. The topological polar surface area (TPSA) is 32.3 Å². The molecule has 1 aliphatic rings. The molecule has 0 spiro atoms. The highest BCUT2D eigenvalue weighted by Crippen LogP contribution is 2.31. The second-order valence-electron chi connectivity index (χ2n) is 4.12. The van der Waals surface area contributed by atoms with Crippen molar-refractivity contribution in [2.45, 2.75) is 31.9 Å². The van der Waals surface area contributed by atoms with Crippen LogP contribution in [0.2, 0.25) is 0 Å². The van der Waals surface area contributed by atoms with Crippen molar-refractivity contribution in [2.24, 2.45) is 0 Å². The van der Waals surface area contributed by atoms with Gasteiger partial charge in [0.05, 0.1) is 0 Å². The Labute approximate surface area is 105 Å². The SMILES string of the molecule is C[C@@H]1NCCc2c1cccc2[C@H](O)C(F)F.Cl. The van der Waals surface area contributed by atoms with E-state index >= 15 is 0 Å². The minimum atomic E-state index is -2.73. The van der Waals surface area contributed by atoms with Crippen LogP contribution in [-0.2, 0) is 6.42 Å². The van der Waals surface area contributed by atoms with Crippen LogP contribution in [0, 0.1) is 0 Å². The molecule has 2 atom stereocenters. The Hall–Kier alpha value is -0.710. The van der Waals surface area contributed by atoms with Crippen LogP contribution in [0.25, 0.3) is 0 Å². The number of aliphatic hydroxyl groups excluding tert-OH is 1. The second-order valence-corrected chi connectivity index (χ2v) is 4.12. The largest absolute Gasteiger partial charge is 0.382 e. The number of alkyl halides is 2. The van der Waals surface area contributed by atoms with Crippen LogP contribution in [0.15, 0.2) is 18.2 Å². The van der Waals surface area contributed by atoms with Gasteiger partial charge in [-0.1, -0.05) is 18.2 Å². The summed E-state index contributed by atoms with van der Waals surface area (Å²) >= 11 is 0. The number of nitrogens with one attached hydrogen (secondary N) is 1. The van der Waals surface area contributed by atoms with Gasteiger partial charge in [-0.05, 0) is 36.6 Å². The molecule has 17 heavy (non-hydrogen) atoms. The maximum absolute atomic E-state index is 12.5. The smallest absolute Gasteiger partial charge is 0.268 e. The summed E-state index contributed by atoms with van der Waals surface area (Å²) in [5, 5.41) is 12.7. The van der Waals surface area contributed by atoms with Crippen LogP contribution in [-0.4, -0.2) is 18.1 Å². The monoisotopic (exact) mass is 263 g/mol. The molecule has 5 heteroatoms. The molecule has 0 unspecified atom stereocenters. The minimum Gasteiger partial charge on any atom is -0.382 e. The lowest BCUT2D eigenvalue weighted by Crippen LogP contribution is -2.29. The first-order valence-electron chi connectivity index (χ1n) is 5.42. The van der Waals surface area contributed by atoms with Crippen molar-refractivity contribution in [1.82, 2.24) is 5.32 Å². The van der Waals surface area contributed by atoms with Gasteiger partial charge in [0.1, 0.15) is 6.10 Å². The van der Waals surface area contributed by atoms with Gasteiger partial charge in [-0.3, -0.25) is 0 Å². The minimum absolute atomic E-state index is 0. The van der Waals surface area contributed by atoms with E-state index in [1.54, 1.807) is 12.1 Å². The van der Waals surface area contributed by atoms with Crippen molar-refractivity contribution in [3.63, 3.8) is 0 Å². The number of halogens is 3. The molecule has 0 aromatic heterocycles. The first-order valence-corrected chi connectivity index (χ1v) is 5.42. The Morgan fingerprint density at radius 2 is 2.12 bits per heavy atom. The van der Waals surface area contributed by atoms with E-state index in [2.05, 4.69) is 5.32 Å². The Morgan fingerprint density at radius 1 is 1.41 bits per heavy atom. The lowest BCUT2D eigenvalue weighted by atomic mass is 9.89. The molecule has 1 aliphatic heterocycles. The summed E-state index contributed by atoms with van der Waals surface area (Å²) in [4.78, 5) is 0. The van der Waals surface area contributed by atoms with Crippen LogP contribution < -0.4 is 5.32 Å². The van der Waals surface area contributed by atoms with Crippen molar-refractivity contribution in [3.05, 3.63) is 34.9 Å². The molecule has 0 saturated carbocycles. The Kier molecular flexibility index (Phi) is 4.86. The summed E-state index contributed by atoms with van der Waals surface area (Å²) in [5.41, 5.74) is 2.27. The summed E-state index contributed by atoms with van der Waals surface area (Å²) in [6, 6.07) is 5.40. The Morgan fingerprint density at radius 3 is 2.76 bits per heavy atom. The Bertz CT molecular complexity index is 387. The van der Waals surface area contributed by atoms with Gasteiger partial charge in [0, 0.05) is 6.04 Å². The predicted octanol–water partition coefficient (Wildman–Crippen LogP) is 2.61. The van der Waals surface area contributed by atoms with Crippen LogP contribution in [0.5, 0.6) is 0 Å². The van der Waals surface area contributed by atoms with E-state index in [0.29, 0.717) is 12.0 Å². The molecule has 0 saturated heterocycles. The lowest BCUT2D eigenvalue weighted by molar-refractivity contribution is -0.00639. The normalized spacial score (nSPS) is 20.6. The number of benzene rings is 1. The second kappa shape index (κ2) is 5.76. The molecule has 96 valence electrons. The number of hydrogen-bond acceptors (Lipinski definition) is 2. The maximum atomic E-state index is 12.5. The van der Waals surface area contributed by atoms with Crippen molar-refractivity contribution in [1.29, 1.82) is 0 Å². The van der Waals surface area contributed by atoms with E-state index in [1.807, 2.05) is 13.0 Å². The highest BCUT2D eigenvalue weighted by atomic mass is 35.5. The van der Waals surface area contributed by atoms with Gasteiger partial charge in [-0.15, -0.1) is 12.4 Å². The van der Waals surface area contributed by atoms with E-state index in [-0.39, 0.29) is 18.4 Å². The summed E-state index contributed by atoms with van der Waals surface area (Å²) in [7, 11) is 0. The van der Waals surface area contributed by atoms with Crippen molar-refractivity contribution in [2.75, 3.05) is 6.54 Å². The third-order valence-electron chi connectivity index (χ3n) is 3.10. The van der Waals surface area contributed by atoms with E-state index < -0.39 is 12.5 Å². The number of hydrogen-bond donors (Lipinski definition) is 2.